The highest BCUT2D eigenvalue weighted by Gasteiger charge is 2.52. The van der Waals surface area contributed by atoms with Crippen molar-refractivity contribution < 1.29 is 32.4 Å². The number of likely N-dealkylation sites (tertiary alicyclic amines) is 1. The molecule has 2 aliphatic rings. The fourth-order valence-corrected chi connectivity index (χ4v) is 3.52. The predicted octanol–water partition coefficient (Wildman–Crippen LogP) is 3.00. The summed E-state index contributed by atoms with van der Waals surface area (Å²) in [6.07, 6.45) is 0.0133. The van der Waals surface area contributed by atoms with Crippen molar-refractivity contribution in [3.05, 3.63) is 29.3 Å². The van der Waals surface area contributed by atoms with E-state index in [0.29, 0.717) is 13.0 Å². The molecule has 0 spiro atoms. The third-order valence-corrected chi connectivity index (χ3v) is 6.01. The number of ether oxygens (including phenoxy) is 1. The minimum absolute atomic E-state index is 0.102. The lowest BCUT2D eigenvalue weighted by molar-refractivity contribution is 0.00578. The van der Waals surface area contributed by atoms with Crippen LogP contribution in [0.1, 0.15) is 65.2 Å². The number of rotatable bonds is 3. The van der Waals surface area contributed by atoms with Gasteiger partial charge in [-0.1, -0.05) is 0 Å². The molecule has 176 valence electrons. The molecule has 2 amide bonds. The molecule has 32 heavy (non-hydrogen) atoms. The van der Waals surface area contributed by atoms with Crippen molar-refractivity contribution in [3.8, 4) is 0 Å². The second-order valence-electron chi connectivity index (χ2n) is 10.3. The topological polar surface area (TPSA) is 77.1 Å². The second-order valence-corrected chi connectivity index (χ2v) is 10.3. The van der Waals surface area contributed by atoms with E-state index in [4.69, 9.17) is 14.0 Å². The molecule has 1 N–H and O–H groups in total. The highest BCUT2D eigenvalue weighted by molar-refractivity contribution is 6.62. The number of carbonyl (C=O) groups excluding carboxylic acids is 2. The maximum atomic E-state index is 14.8. The number of carbonyl (C=O) groups is 2. The first-order valence-electron chi connectivity index (χ1n) is 10.7. The lowest BCUT2D eigenvalue weighted by atomic mass is 9.78. The van der Waals surface area contributed by atoms with Crippen molar-refractivity contribution >= 4 is 24.6 Å². The van der Waals surface area contributed by atoms with Gasteiger partial charge in [-0.15, -0.1) is 0 Å². The summed E-state index contributed by atoms with van der Waals surface area (Å²) in [5, 5.41) is 2.67. The molecule has 7 nitrogen and oxygen atoms in total. The zero-order valence-electron chi connectivity index (χ0n) is 19.7. The van der Waals surface area contributed by atoms with Crippen molar-refractivity contribution in [2.45, 2.75) is 77.7 Å². The van der Waals surface area contributed by atoms with Crippen LogP contribution >= 0.6 is 0 Å². The van der Waals surface area contributed by atoms with Crippen molar-refractivity contribution in [2.75, 3.05) is 13.1 Å². The van der Waals surface area contributed by atoms with Gasteiger partial charge in [0.1, 0.15) is 17.2 Å². The van der Waals surface area contributed by atoms with Crippen LogP contribution < -0.4 is 10.8 Å². The Balaban J connectivity index is 1.67. The number of amides is 2. The Bertz CT molecular complexity index is 900. The molecule has 0 bridgehead atoms. The van der Waals surface area contributed by atoms with Gasteiger partial charge in [0, 0.05) is 24.6 Å². The van der Waals surface area contributed by atoms with Crippen LogP contribution in [-0.2, 0) is 14.0 Å². The normalized spacial score (nSPS) is 22.2. The monoisotopic (exact) mass is 452 g/mol. The Morgan fingerprint density at radius 2 is 1.72 bits per heavy atom. The van der Waals surface area contributed by atoms with Crippen LogP contribution in [0.3, 0.4) is 0 Å². The molecule has 2 aliphatic heterocycles. The minimum atomic E-state index is -1.08. The van der Waals surface area contributed by atoms with Gasteiger partial charge in [0.05, 0.1) is 16.8 Å². The Hall–Kier alpha value is -2.20. The molecule has 1 atom stereocenters. The van der Waals surface area contributed by atoms with Crippen molar-refractivity contribution in [1.82, 2.24) is 10.2 Å². The number of nitrogens with one attached hydrogen (secondary N) is 1. The van der Waals surface area contributed by atoms with Gasteiger partial charge in [0.25, 0.3) is 5.91 Å². The zero-order chi connectivity index (χ0) is 24.1. The summed E-state index contributed by atoms with van der Waals surface area (Å²) in [6.45, 7) is 13.2. The van der Waals surface area contributed by atoms with Gasteiger partial charge in [-0.05, 0) is 67.0 Å². The fourth-order valence-electron chi connectivity index (χ4n) is 3.52. The zero-order valence-corrected chi connectivity index (χ0v) is 19.7. The van der Waals surface area contributed by atoms with Crippen LogP contribution in [0.25, 0.3) is 0 Å². The van der Waals surface area contributed by atoms with Gasteiger partial charge in [0.15, 0.2) is 0 Å². The van der Waals surface area contributed by atoms with Gasteiger partial charge in [-0.3, -0.25) is 4.79 Å². The van der Waals surface area contributed by atoms with E-state index in [0.717, 1.165) is 12.1 Å². The summed E-state index contributed by atoms with van der Waals surface area (Å²) in [4.78, 5) is 26.3. The molecule has 2 fully saturated rings. The van der Waals surface area contributed by atoms with Crippen LogP contribution in [0.2, 0.25) is 0 Å². The van der Waals surface area contributed by atoms with E-state index in [-0.39, 0.29) is 18.0 Å². The molecule has 2 heterocycles. The maximum Gasteiger partial charge on any atom is 0.497 e. The van der Waals surface area contributed by atoms with E-state index >= 15 is 0 Å². The molecule has 1 aromatic carbocycles. The van der Waals surface area contributed by atoms with Crippen LogP contribution in [0, 0.1) is 11.6 Å². The van der Waals surface area contributed by atoms with E-state index in [1.165, 1.54) is 4.90 Å². The molecule has 3 rings (SSSR count). The second kappa shape index (κ2) is 8.30. The SMILES string of the molecule is CC(C)(C)OC(=O)N1CC[C@H](NC(=O)c2cc(F)c(B3OC(C)(C)C(C)(C)O3)cc2F)C1. The van der Waals surface area contributed by atoms with Crippen LogP contribution in [0.5, 0.6) is 0 Å². The maximum absolute atomic E-state index is 14.8. The van der Waals surface area contributed by atoms with Crippen molar-refractivity contribution in [2.24, 2.45) is 0 Å². The molecule has 0 aliphatic carbocycles. The molecule has 0 unspecified atom stereocenters. The van der Waals surface area contributed by atoms with Gasteiger partial charge < -0.3 is 24.3 Å². The molecule has 10 heteroatoms. The fraction of sp³-hybridized carbons (Fsp3) is 0.636. The summed E-state index contributed by atoms with van der Waals surface area (Å²) >= 11 is 0. The Kier molecular flexibility index (Phi) is 6.34. The first-order valence-corrected chi connectivity index (χ1v) is 10.7. The summed E-state index contributed by atoms with van der Waals surface area (Å²) < 4.78 is 46.5. The third-order valence-electron chi connectivity index (χ3n) is 6.01. The number of halogens is 2. The highest BCUT2D eigenvalue weighted by atomic mass is 19.1. The van der Waals surface area contributed by atoms with Gasteiger partial charge in [0.2, 0.25) is 0 Å². The van der Waals surface area contributed by atoms with Crippen LogP contribution in [0.15, 0.2) is 12.1 Å². The number of hydrogen-bond acceptors (Lipinski definition) is 5. The lowest BCUT2D eigenvalue weighted by Crippen LogP contribution is -2.41. The van der Waals surface area contributed by atoms with E-state index < -0.39 is 53.1 Å². The largest absolute Gasteiger partial charge is 0.497 e. The van der Waals surface area contributed by atoms with Crippen molar-refractivity contribution in [1.29, 1.82) is 0 Å². The predicted molar refractivity (Wildman–Crippen MR) is 116 cm³/mol. The minimum Gasteiger partial charge on any atom is -0.444 e. The lowest BCUT2D eigenvalue weighted by Gasteiger charge is -2.32. The summed E-state index contributed by atoms with van der Waals surface area (Å²) in [7, 11) is -1.08. The van der Waals surface area contributed by atoms with Crippen LogP contribution in [-0.4, -0.2) is 60.0 Å². The van der Waals surface area contributed by atoms with Crippen LogP contribution in [0.4, 0.5) is 13.6 Å². The average molecular weight is 452 g/mol. The Labute approximate surface area is 187 Å². The quantitative estimate of drug-likeness (QED) is 0.714. The standard InChI is InChI=1S/C22H31BF2N2O5/c1-20(2,3)30-19(29)27-9-8-13(12-27)26-18(28)14-10-17(25)15(11-16(14)24)23-31-21(4,5)22(6,7)32-23/h10-11,13H,8-9,12H2,1-7H3,(H,26,28)/t13-/m0/s1. The summed E-state index contributed by atoms with van der Waals surface area (Å²) in [5.74, 6) is -2.43. The molecular weight excluding hydrogens is 421 g/mol. The molecule has 0 aromatic heterocycles. The molecule has 0 radical (unpaired) electrons. The van der Waals surface area contributed by atoms with E-state index in [9.17, 15) is 18.4 Å². The van der Waals surface area contributed by atoms with E-state index in [2.05, 4.69) is 5.32 Å². The average Bonchev–Trinajstić information content (AvgIpc) is 3.17. The Morgan fingerprint density at radius 3 is 2.28 bits per heavy atom. The first-order chi connectivity index (χ1) is 14.6. The number of hydrogen-bond donors (Lipinski definition) is 1. The third kappa shape index (κ3) is 5.06. The smallest absolute Gasteiger partial charge is 0.444 e. The van der Waals surface area contributed by atoms with Gasteiger partial charge >= 0.3 is 13.2 Å². The highest BCUT2D eigenvalue weighted by Crippen LogP contribution is 2.36. The number of nitrogens with zero attached hydrogens (tertiary/aromatic N) is 1. The van der Waals surface area contributed by atoms with E-state index in [1.54, 1.807) is 20.8 Å². The van der Waals surface area contributed by atoms with Gasteiger partial charge in [-0.25, -0.2) is 13.6 Å². The molecule has 1 aromatic rings. The summed E-state index contributed by atoms with van der Waals surface area (Å²) in [6, 6.07) is 1.40. The first kappa shape index (κ1) is 24.4. The van der Waals surface area contributed by atoms with E-state index in [1.807, 2.05) is 27.7 Å². The molecule has 2 saturated heterocycles. The summed E-state index contributed by atoms with van der Waals surface area (Å²) in [5.41, 5.74) is -2.57. The number of benzene rings is 1. The molecule has 0 saturated carbocycles. The van der Waals surface area contributed by atoms with Crippen molar-refractivity contribution in [3.63, 3.8) is 0 Å². The Morgan fingerprint density at radius 1 is 1.12 bits per heavy atom. The molecular formula is C22H31BF2N2O5. The van der Waals surface area contributed by atoms with Gasteiger partial charge in [-0.2, -0.15) is 0 Å².